The Balaban J connectivity index is 0.726. The molecule has 11 rings (SSSR count). The molecule has 0 bridgehead atoms. The number of rotatable bonds is 17. The van der Waals surface area contributed by atoms with Gasteiger partial charge in [-0.15, -0.1) is 0 Å². The normalized spacial score (nSPS) is 40.1. The van der Waals surface area contributed by atoms with Crippen molar-refractivity contribution in [2.45, 2.75) is 230 Å². The lowest BCUT2D eigenvalue weighted by Gasteiger charge is -2.59. The predicted molar refractivity (Wildman–Crippen MR) is 316 cm³/mol. The molecule has 6 nitrogen and oxygen atoms in total. The van der Waals surface area contributed by atoms with Crippen LogP contribution in [0.3, 0.4) is 0 Å². The number of aliphatic hydroxyl groups excluding tert-OH is 2. The first-order valence-electron chi connectivity index (χ1n) is 31.8. The van der Waals surface area contributed by atoms with Crippen LogP contribution in [0, 0.1) is 80.8 Å². The summed E-state index contributed by atoms with van der Waals surface area (Å²) in [6.45, 7) is 17.0. The maximum Gasteiger partial charge on any atom is 0.181 e. The number of allylic oxidation sites excluding steroid dienone is 2. The Labute approximate surface area is 471 Å². The van der Waals surface area contributed by atoms with E-state index in [0.29, 0.717) is 51.7 Å². The molecule has 426 valence electrons. The molecule has 0 spiro atoms. The summed E-state index contributed by atoms with van der Waals surface area (Å²) in [7, 11) is -3.79. The van der Waals surface area contributed by atoms with Crippen molar-refractivity contribution in [1.29, 1.82) is 0 Å². The van der Waals surface area contributed by atoms with E-state index in [1.165, 1.54) is 36.8 Å². The number of aryl methyl sites for hydroxylation is 1. The zero-order chi connectivity index (χ0) is 55.0. The Bertz CT molecular complexity index is 2770. The average Bonchev–Trinajstić information content (AvgIpc) is 4.17. The van der Waals surface area contributed by atoms with Gasteiger partial charge in [0.05, 0.1) is 33.6 Å². The van der Waals surface area contributed by atoms with E-state index in [1.54, 1.807) is 12.1 Å². The van der Waals surface area contributed by atoms with E-state index in [2.05, 4.69) is 84.9 Å². The second-order valence-electron chi connectivity index (χ2n) is 29.2. The highest BCUT2D eigenvalue weighted by Crippen LogP contribution is 2.70. The summed E-state index contributed by atoms with van der Waals surface area (Å²) in [6.07, 6.45) is 26.3. The Morgan fingerprint density at radius 2 is 1.14 bits per heavy atom. The molecule has 0 aromatic heterocycles. The molecule has 8 aliphatic carbocycles. The van der Waals surface area contributed by atoms with Gasteiger partial charge in [-0.3, -0.25) is 0 Å². The van der Waals surface area contributed by atoms with Gasteiger partial charge in [-0.05, 0) is 257 Å². The van der Waals surface area contributed by atoms with Gasteiger partial charge in [-0.2, -0.15) is 0 Å². The lowest BCUT2D eigenvalue weighted by Crippen LogP contribution is -2.53. The number of sulfone groups is 1. The molecule has 3 aromatic rings. The molecule has 78 heavy (non-hydrogen) atoms. The van der Waals surface area contributed by atoms with Crippen LogP contribution in [-0.4, -0.2) is 45.3 Å². The number of hydrogen-bond acceptors (Lipinski definition) is 6. The first-order chi connectivity index (χ1) is 37.1. The minimum atomic E-state index is -3.79. The van der Waals surface area contributed by atoms with Crippen LogP contribution < -0.4 is 0 Å². The maximum atomic E-state index is 15.0. The summed E-state index contributed by atoms with van der Waals surface area (Å²) in [4.78, 5) is 0.348. The Morgan fingerprint density at radius 1 is 0.590 bits per heavy atom. The number of benzene rings is 3. The molecule has 0 radical (unpaired) electrons. The number of hydrogen-bond donors (Lipinski definition) is 4. The minimum absolute atomic E-state index is 0.0278. The van der Waals surface area contributed by atoms with Gasteiger partial charge >= 0.3 is 0 Å². The Morgan fingerprint density at radius 3 is 1.76 bits per heavy atom. The zero-order valence-electron chi connectivity index (χ0n) is 49.0. The summed E-state index contributed by atoms with van der Waals surface area (Å²) < 4.78 is 30.0. The molecule has 6 saturated carbocycles. The van der Waals surface area contributed by atoms with Crippen molar-refractivity contribution in [3.63, 3.8) is 0 Å². The molecule has 6 fully saturated rings. The quantitative estimate of drug-likeness (QED) is 0.100. The monoisotopic (exact) mass is 1080 g/mol. The predicted octanol–water partition coefficient (Wildman–Crippen LogP) is 16.1. The van der Waals surface area contributed by atoms with Crippen molar-refractivity contribution < 1.29 is 28.8 Å². The number of aliphatic hydroxyl groups is 4. The fraction of sp³-hybridized carbons (Fsp3) is 0.690. The molecule has 0 amide bonds. The van der Waals surface area contributed by atoms with Gasteiger partial charge in [0.15, 0.2) is 9.84 Å². The third kappa shape index (κ3) is 10.0. The van der Waals surface area contributed by atoms with Gasteiger partial charge < -0.3 is 20.4 Å². The molecular formula is C71H100O6S. The second kappa shape index (κ2) is 21.6. The molecule has 19 atom stereocenters. The third-order valence-electron chi connectivity index (χ3n) is 25.7. The lowest BCUT2D eigenvalue weighted by molar-refractivity contribution is -0.0772. The standard InChI is InChI=1S/C71H100O6S/c1-8-70(74)41-39-66(4)52(45-70)25-27-56-60-32-30-58(69(60,7)38-35-62(56)66)48(3)65(78(76,77)54-22-13-10-14-23-54)44-64(73)51-21-15-17-49(43-51)18-16-36-71(75)42-40-67(5)53(46-71)26-28-55-59-31-29-57(68(59,6)37-34-61(55)67)47(2)24-33-63(72)50-19-11-9-12-20-50/h9-15,17,19-23,25-26,43,47-48,55-65,72-75H,8,16,18,24,27-42,44-46H2,1-7H3/t47-,48+,55+,56+,57-,58-,59+,60+,61+,62+,63-,64-,65?,66+,67+,68-,69-,70+,71+/m1/s1. The van der Waals surface area contributed by atoms with Crippen molar-refractivity contribution in [3.05, 3.63) is 125 Å². The summed E-state index contributed by atoms with van der Waals surface area (Å²) >= 11 is 0. The topological polar surface area (TPSA) is 115 Å². The minimum Gasteiger partial charge on any atom is -0.390 e. The third-order valence-corrected chi connectivity index (χ3v) is 28.0. The fourth-order valence-electron chi connectivity index (χ4n) is 20.9. The average molecular weight is 1080 g/mol. The highest BCUT2D eigenvalue weighted by molar-refractivity contribution is 7.92. The van der Waals surface area contributed by atoms with Crippen LogP contribution in [0.2, 0.25) is 0 Å². The van der Waals surface area contributed by atoms with Crippen LogP contribution in [0.15, 0.2) is 113 Å². The molecule has 0 saturated heterocycles. The molecule has 1 unspecified atom stereocenters. The van der Waals surface area contributed by atoms with E-state index in [0.717, 1.165) is 138 Å². The van der Waals surface area contributed by atoms with E-state index in [1.807, 2.05) is 48.5 Å². The summed E-state index contributed by atoms with van der Waals surface area (Å²) in [5, 5.41) is 46.3. The van der Waals surface area contributed by atoms with Crippen LogP contribution in [0.1, 0.15) is 219 Å². The van der Waals surface area contributed by atoms with E-state index < -0.39 is 32.4 Å². The smallest absolute Gasteiger partial charge is 0.181 e. The maximum absolute atomic E-state index is 15.0. The summed E-state index contributed by atoms with van der Waals surface area (Å²) in [5.74, 6) is 5.28. The summed E-state index contributed by atoms with van der Waals surface area (Å²) in [5.41, 5.74) is 5.34. The van der Waals surface area contributed by atoms with Crippen molar-refractivity contribution in [1.82, 2.24) is 0 Å². The Hall–Kier alpha value is -3.07. The van der Waals surface area contributed by atoms with E-state index in [4.69, 9.17) is 0 Å². The number of fused-ring (bicyclic) bond motifs is 10. The Kier molecular flexibility index (Phi) is 15.7. The highest BCUT2D eigenvalue weighted by atomic mass is 32.2. The largest absolute Gasteiger partial charge is 0.390 e. The van der Waals surface area contributed by atoms with Gasteiger partial charge in [0.2, 0.25) is 0 Å². The van der Waals surface area contributed by atoms with E-state index in [9.17, 15) is 20.4 Å². The summed E-state index contributed by atoms with van der Waals surface area (Å²) in [6, 6.07) is 27.5. The van der Waals surface area contributed by atoms with Crippen molar-refractivity contribution in [2.24, 2.45) is 80.8 Å². The van der Waals surface area contributed by atoms with Crippen LogP contribution in [-0.2, 0) is 16.3 Å². The first-order valence-corrected chi connectivity index (χ1v) is 33.3. The van der Waals surface area contributed by atoms with Crippen LogP contribution in [0.4, 0.5) is 0 Å². The van der Waals surface area contributed by atoms with Crippen LogP contribution in [0.5, 0.6) is 0 Å². The molecule has 0 heterocycles. The van der Waals surface area contributed by atoms with Gasteiger partial charge in [-0.1, -0.05) is 145 Å². The van der Waals surface area contributed by atoms with Gasteiger partial charge in [0.25, 0.3) is 0 Å². The SMILES string of the molecule is CC[C@]1(O)CC[C@@]2(C)C(=CC[C@H]3[C@@H]4CC[C@H]([C@H](C)C(C[C@@H](O)c5cccc(CCC[C@]6(O)CC[C@@]7(C)C(=CC[C@H]8[C@@H]9CC[C@H]([C@H](C)CC[C@@H](O)c%10ccccc%10)[C@@]9(C)CC[C@@H]87)C6)c5)S(=O)(=O)c5ccccc5)[C@@]4(C)CC[C@@H]32)C1. The fourth-order valence-corrected chi connectivity index (χ4v) is 23.0. The van der Waals surface area contributed by atoms with E-state index >= 15 is 8.42 Å². The van der Waals surface area contributed by atoms with Gasteiger partial charge in [0, 0.05) is 0 Å². The van der Waals surface area contributed by atoms with Crippen LogP contribution >= 0.6 is 0 Å². The van der Waals surface area contributed by atoms with Crippen molar-refractivity contribution in [3.8, 4) is 0 Å². The first kappa shape index (κ1) is 56.8. The van der Waals surface area contributed by atoms with Crippen molar-refractivity contribution in [2.75, 3.05) is 0 Å². The van der Waals surface area contributed by atoms with Crippen molar-refractivity contribution >= 4 is 9.84 Å². The zero-order valence-corrected chi connectivity index (χ0v) is 49.8. The van der Waals surface area contributed by atoms with E-state index in [-0.39, 0.29) is 40.6 Å². The molecular weight excluding hydrogens is 981 g/mol. The van der Waals surface area contributed by atoms with Gasteiger partial charge in [0.1, 0.15) is 0 Å². The highest BCUT2D eigenvalue weighted by Gasteiger charge is 2.62. The second-order valence-corrected chi connectivity index (χ2v) is 31.4. The molecule has 3 aromatic carbocycles. The molecule has 8 aliphatic rings. The molecule has 0 aliphatic heterocycles. The molecule has 7 heteroatoms. The van der Waals surface area contributed by atoms with Gasteiger partial charge in [-0.25, -0.2) is 8.42 Å². The van der Waals surface area contributed by atoms with Crippen LogP contribution in [0.25, 0.3) is 0 Å². The lowest BCUT2D eigenvalue weighted by atomic mass is 9.46. The molecule has 4 N–H and O–H groups in total.